The highest BCUT2D eigenvalue weighted by Crippen LogP contribution is 2.23. The number of nitrogens with zero attached hydrogens (tertiary/aromatic N) is 5. The van der Waals surface area contributed by atoms with Crippen LogP contribution in [0.15, 0.2) is 34.2 Å². The molecule has 1 aromatic carbocycles. The minimum Gasteiger partial charge on any atom is -0.337 e. The van der Waals surface area contributed by atoms with Crippen molar-refractivity contribution in [1.29, 1.82) is 0 Å². The van der Waals surface area contributed by atoms with Gasteiger partial charge in [0.25, 0.3) is 5.56 Å². The topological polar surface area (TPSA) is 72.5 Å². The van der Waals surface area contributed by atoms with E-state index in [0.717, 1.165) is 18.4 Å². The number of rotatable bonds is 7. The maximum atomic E-state index is 13.0. The summed E-state index contributed by atoms with van der Waals surface area (Å²) in [4.78, 5) is 27.5. The molecule has 2 heterocycles. The summed E-state index contributed by atoms with van der Waals surface area (Å²) in [6.07, 6.45) is 1.84. The van der Waals surface area contributed by atoms with Crippen LogP contribution in [0, 0.1) is 0 Å². The molecule has 0 bridgehead atoms. The Morgan fingerprint density at radius 1 is 1.14 bits per heavy atom. The van der Waals surface area contributed by atoms with E-state index in [1.165, 1.54) is 16.3 Å². The lowest BCUT2D eigenvalue weighted by atomic mass is 10.1. The van der Waals surface area contributed by atoms with Crippen LogP contribution in [0.25, 0.3) is 16.7 Å². The summed E-state index contributed by atoms with van der Waals surface area (Å²) in [6.45, 7) is 8.37. The van der Waals surface area contributed by atoms with E-state index >= 15 is 0 Å². The molecule has 8 heteroatoms. The van der Waals surface area contributed by atoms with Crippen LogP contribution in [0.2, 0.25) is 0 Å². The highest BCUT2D eigenvalue weighted by molar-refractivity contribution is 7.99. The maximum absolute atomic E-state index is 13.0. The molecule has 0 fully saturated rings. The van der Waals surface area contributed by atoms with E-state index in [4.69, 9.17) is 0 Å². The van der Waals surface area contributed by atoms with Gasteiger partial charge in [0.05, 0.1) is 16.7 Å². The predicted octanol–water partition coefficient (Wildman–Crippen LogP) is 3.10. The smallest absolute Gasteiger partial charge is 0.262 e. The van der Waals surface area contributed by atoms with Gasteiger partial charge in [-0.15, -0.1) is 10.2 Å². The van der Waals surface area contributed by atoms with Crippen molar-refractivity contribution in [2.24, 2.45) is 7.05 Å². The third kappa shape index (κ3) is 3.53. The molecule has 0 spiro atoms. The maximum Gasteiger partial charge on any atom is 0.262 e. The Labute approximate surface area is 168 Å². The molecule has 1 amide bonds. The summed E-state index contributed by atoms with van der Waals surface area (Å²) in [5.74, 6) is 0.853. The van der Waals surface area contributed by atoms with Crippen molar-refractivity contribution in [1.82, 2.24) is 24.1 Å². The summed E-state index contributed by atoms with van der Waals surface area (Å²) >= 11 is 1.36. The normalized spacial score (nSPS) is 13.8. The third-order valence-corrected chi connectivity index (χ3v) is 6.25. The fourth-order valence-electron chi connectivity index (χ4n) is 3.42. The van der Waals surface area contributed by atoms with Crippen LogP contribution in [0.4, 0.5) is 0 Å². The molecule has 0 unspecified atom stereocenters. The average Bonchev–Trinajstić information content (AvgIpc) is 3.14. The first kappa shape index (κ1) is 20.4. The van der Waals surface area contributed by atoms with Crippen LogP contribution in [-0.4, -0.2) is 47.8 Å². The van der Waals surface area contributed by atoms with E-state index < -0.39 is 0 Å². The Kier molecular flexibility index (Phi) is 6.07. The monoisotopic (exact) mass is 401 g/mol. The number of aromatic nitrogens is 4. The number of carbonyl (C=O) groups is 1. The molecule has 150 valence electrons. The molecule has 3 aromatic rings. The van der Waals surface area contributed by atoms with Crippen LogP contribution in [0.5, 0.6) is 0 Å². The van der Waals surface area contributed by atoms with E-state index in [2.05, 4.69) is 37.9 Å². The Bertz CT molecular complexity index is 1050. The van der Waals surface area contributed by atoms with Crippen LogP contribution < -0.4 is 5.56 Å². The number of benzene rings is 1. The highest BCUT2D eigenvalue weighted by Gasteiger charge is 2.24. The van der Waals surface area contributed by atoms with Crippen molar-refractivity contribution in [2.75, 3.05) is 5.75 Å². The number of fused-ring (bicyclic) bond motifs is 3. The van der Waals surface area contributed by atoms with Crippen molar-refractivity contribution in [3.05, 3.63) is 34.6 Å². The summed E-state index contributed by atoms with van der Waals surface area (Å²) in [7, 11) is 1.69. The number of hydrogen-bond donors (Lipinski definition) is 0. The molecule has 0 saturated heterocycles. The van der Waals surface area contributed by atoms with Gasteiger partial charge in [0.1, 0.15) is 0 Å². The first-order chi connectivity index (χ1) is 13.4. The first-order valence-corrected chi connectivity index (χ1v) is 10.7. The van der Waals surface area contributed by atoms with Crippen molar-refractivity contribution in [3.63, 3.8) is 0 Å². The molecule has 7 nitrogen and oxygen atoms in total. The second kappa shape index (κ2) is 8.34. The van der Waals surface area contributed by atoms with Crippen molar-refractivity contribution < 1.29 is 4.79 Å². The second-order valence-electron chi connectivity index (χ2n) is 7.10. The lowest BCUT2D eigenvalue weighted by Gasteiger charge is -2.34. The summed E-state index contributed by atoms with van der Waals surface area (Å²) in [6, 6.07) is 7.79. The molecule has 0 radical (unpaired) electrons. The van der Waals surface area contributed by atoms with Gasteiger partial charge in [-0.3, -0.25) is 18.6 Å². The number of thioether (sulfide) groups is 1. The van der Waals surface area contributed by atoms with Gasteiger partial charge >= 0.3 is 0 Å². The number of hydrogen-bond acceptors (Lipinski definition) is 5. The van der Waals surface area contributed by atoms with E-state index in [-0.39, 0.29) is 29.3 Å². The van der Waals surface area contributed by atoms with E-state index in [1.807, 2.05) is 27.5 Å². The fourth-order valence-corrected chi connectivity index (χ4v) is 4.23. The zero-order valence-electron chi connectivity index (χ0n) is 17.0. The Balaban J connectivity index is 1.95. The Hall–Kier alpha value is -2.35. The molecule has 0 aliphatic heterocycles. The quantitative estimate of drug-likeness (QED) is 0.569. The predicted molar refractivity (Wildman–Crippen MR) is 113 cm³/mol. The van der Waals surface area contributed by atoms with Gasteiger partial charge < -0.3 is 4.90 Å². The highest BCUT2D eigenvalue weighted by atomic mass is 32.2. The molecule has 0 saturated carbocycles. The average molecular weight is 402 g/mol. The lowest BCUT2D eigenvalue weighted by molar-refractivity contribution is -0.132. The van der Waals surface area contributed by atoms with Crippen molar-refractivity contribution >= 4 is 34.3 Å². The Morgan fingerprint density at radius 3 is 2.43 bits per heavy atom. The fraction of sp³-hybridized carbons (Fsp3) is 0.500. The zero-order valence-corrected chi connectivity index (χ0v) is 17.9. The van der Waals surface area contributed by atoms with Gasteiger partial charge in [0, 0.05) is 19.1 Å². The van der Waals surface area contributed by atoms with Crippen LogP contribution in [0.3, 0.4) is 0 Å². The minimum atomic E-state index is -0.108. The van der Waals surface area contributed by atoms with E-state index in [9.17, 15) is 9.59 Å². The number of aryl methyl sites for hydroxylation is 1. The number of carbonyl (C=O) groups excluding carboxylic acids is 1. The van der Waals surface area contributed by atoms with E-state index in [1.54, 1.807) is 13.1 Å². The van der Waals surface area contributed by atoms with Crippen molar-refractivity contribution in [3.8, 4) is 0 Å². The molecule has 28 heavy (non-hydrogen) atoms. The molecule has 0 N–H and O–H groups in total. The molecule has 0 aliphatic carbocycles. The largest absolute Gasteiger partial charge is 0.337 e. The van der Waals surface area contributed by atoms with Gasteiger partial charge in [0.2, 0.25) is 11.7 Å². The van der Waals surface area contributed by atoms with Gasteiger partial charge in [0.15, 0.2) is 5.16 Å². The first-order valence-electron chi connectivity index (χ1n) is 9.67. The zero-order chi connectivity index (χ0) is 20.4. The molecule has 2 aromatic heterocycles. The second-order valence-corrected chi connectivity index (χ2v) is 8.05. The molecular weight excluding hydrogens is 374 g/mol. The van der Waals surface area contributed by atoms with Crippen LogP contribution in [-0.2, 0) is 11.8 Å². The lowest BCUT2D eigenvalue weighted by Crippen LogP contribution is -2.45. The van der Waals surface area contributed by atoms with Crippen LogP contribution >= 0.6 is 11.8 Å². The van der Waals surface area contributed by atoms with Crippen molar-refractivity contribution in [2.45, 2.75) is 57.8 Å². The minimum absolute atomic E-state index is 0.0968. The summed E-state index contributed by atoms with van der Waals surface area (Å²) in [5, 5.41) is 9.66. The number of amides is 1. The van der Waals surface area contributed by atoms with Gasteiger partial charge in [-0.2, -0.15) is 0 Å². The molecule has 3 rings (SSSR count). The van der Waals surface area contributed by atoms with E-state index in [0.29, 0.717) is 16.3 Å². The molecule has 2 atom stereocenters. The Morgan fingerprint density at radius 2 is 1.79 bits per heavy atom. The van der Waals surface area contributed by atoms with Gasteiger partial charge in [-0.1, -0.05) is 37.7 Å². The van der Waals surface area contributed by atoms with Crippen LogP contribution in [0.1, 0.15) is 40.5 Å². The SMILES string of the molecule is CC[C@@H](C)N(C(=O)CSc1nnc2n(C)c(=O)c3ccccc3n12)[C@H](C)CC. The standard InChI is InChI=1S/C20H27N5O2S/c1-6-13(3)24(14(4)7-2)17(26)12-28-20-22-21-19-23(5)18(27)15-10-8-9-11-16(15)25(19)20/h8-11,13-14H,6-7,12H2,1-5H3/t13-,14-/m1/s1. The molecular formula is C20H27N5O2S. The summed E-state index contributed by atoms with van der Waals surface area (Å²) < 4.78 is 3.34. The van der Waals surface area contributed by atoms with Gasteiger partial charge in [-0.05, 0) is 38.8 Å². The third-order valence-electron chi connectivity index (χ3n) is 5.34. The number of para-hydroxylation sites is 1. The molecule has 0 aliphatic rings. The van der Waals surface area contributed by atoms with Gasteiger partial charge in [-0.25, -0.2) is 0 Å². The summed E-state index contributed by atoms with van der Waals surface area (Å²) in [5.41, 5.74) is 0.643.